The predicted octanol–water partition coefficient (Wildman–Crippen LogP) is 2.82. The third-order valence-electron chi connectivity index (χ3n) is 3.07. The Kier molecular flexibility index (Phi) is 6.37. The summed E-state index contributed by atoms with van der Waals surface area (Å²) in [5, 5.41) is 13.6. The van der Waals surface area contributed by atoms with Gasteiger partial charge in [-0.2, -0.15) is 5.26 Å². The summed E-state index contributed by atoms with van der Waals surface area (Å²) < 4.78 is 15.5. The Bertz CT molecular complexity index is 810. The molecule has 0 spiro atoms. The van der Waals surface area contributed by atoms with Gasteiger partial charge >= 0.3 is 5.97 Å². The van der Waals surface area contributed by atoms with E-state index in [1.165, 1.54) is 24.5 Å². The van der Waals surface area contributed by atoms with Gasteiger partial charge in [0.1, 0.15) is 5.00 Å². The van der Waals surface area contributed by atoms with Crippen LogP contribution in [-0.4, -0.2) is 32.2 Å². The fourth-order valence-electron chi connectivity index (χ4n) is 1.94. The number of nitrogens with one attached hydrogen (secondary N) is 1. The largest absolute Gasteiger partial charge is 0.493 e. The van der Waals surface area contributed by atoms with Crippen LogP contribution in [0.1, 0.15) is 22.8 Å². The van der Waals surface area contributed by atoms with Crippen LogP contribution in [-0.2, 0) is 9.53 Å². The maximum Gasteiger partial charge on any atom is 0.341 e. The summed E-state index contributed by atoms with van der Waals surface area (Å²) in [5.74, 6) is -0.225. The smallest absolute Gasteiger partial charge is 0.341 e. The Hall–Kier alpha value is -3.05. The second-order valence-electron chi connectivity index (χ2n) is 4.70. The molecule has 0 aliphatic rings. The molecular formula is C17H16N2O5S. The number of thiophene rings is 1. The van der Waals surface area contributed by atoms with Crippen molar-refractivity contribution in [1.29, 1.82) is 5.26 Å². The molecule has 0 fully saturated rings. The number of nitriles is 1. The molecule has 1 heterocycles. The number of esters is 1. The number of hydrogen-bond donors (Lipinski definition) is 1. The predicted molar refractivity (Wildman–Crippen MR) is 92.1 cm³/mol. The van der Waals surface area contributed by atoms with Gasteiger partial charge < -0.3 is 19.5 Å². The van der Waals surface area contributed by atoms with Crippen LogP contribution in [0.4, 0.5) is 5.00 Å². The third kappa shape index (κ3) is 4.71. The van der Waals surface area contributed by atoms with Crippen LogP contribution in [0.2, 0.25) is 0 Å². The first kappa shape index (κ1) is 18.3. The van der Waals surface area contributed by atoms with Crippen molar-refractivity contribution in [2.75, 3.05) is 25.6 Å². The van der Waals surface area contributed by atoms with Crippen LogP contribution in [0.15, 0.2) is 29.6 Å². The molecule has 0 aliphatic heterocycles. The first-order valence-corrected chi connectivity index (χ1v) is 8.22. The van der Waals surface area contributed by atoms with E-state index >= 15 is 0 Å². The summed E-state index contributed by atoms with van der Waals surface area (Å²) in [6, 6.07) is 8.22. The molecule has 0 unspecified atom stereocenters. The van der Waals surface area contributed by atoms with Crippen molar-refractivity contribution in [3.8, 4) is 17.6 Å². The number of nitrogens with zero attached hydrogens (tertiary/aromatic N) is 1. The highest BCUT2D eigenvalue weighted by atomic mass is 32.1. The molecule has 8 heteroatoms. The summed E-state index contributed by atoms with van der Waals surface area (Å²) in [6.07, 6.45) is 0. The molecule has 0 radical (unpaired) electrons. The molecule has 1 aromatic heterocycles. The van der Waals surface area contributed by atoms with Crippen LogP contribution in [0, 0.1) is 11.3 Å². The molecule has 0 bridgehead atoms. The van der Waals surface area contributed by atoms with Gasteiger partial charge in [-0.05, 0) is 30.5 Å². The molecule has 25 heavy (non-hydrogen) atoms. The summed E-state index contributed by atoms with van der Waals surface area (Å²) in [6.45, 7) is 1.69. The maximum atomic E-state index is 12.1. The Morgan fingerprint density at radius 2 is 2.08 bits per heavy atom. The number of anilines is 1. The van der Waals surface area contributed by atoms with E-state index in [4.69, 9.17) is 19.5 Å². The van der Waals surface area contributed by atoms with Gasteiger partial charge in [-0.15, -0.1) is 11.3 Å². The van der Waals surface area contributed by atoms with Gasteiger partial charge in [-0.3, -0.25) is 4.79 Å². The lowest BCUT2D eigenvalue weighted by Crippen LogP contribution is -2.21. The SMILES string of the molecule is CCOC(=O)c1ccsc1NC(=O)COc1ccc(C#N)cc1OC. The highest BCUT2D eigenvalue weighted by Crippen LogP contribution is 2.28. The summed E-state index contributed by atoms with van der Waals surface area (Å²) in [7, 11) is 1.45. The van der Waals surface area contributed by atoms with Crippen molar-refractivity contribution in [2.24, 2.45) is 0 Å². The molecular weight excluding hydrogens is 344 g/mol. The van der Waals surface area contributed by atoms with Crippen molar-refractivity contribution in [3.05, 3.63) is 40.8 Å². The minimum atomic E-state index is -0.492. The number of amides is 1. The Morgan fingerprint density at radius 1 is 1.28 bits per heavy atom. The van der Waals surface area contributed by atoms with Crippen molar-refractivity contribution < 1.29 is 23.8 Å². The minimum Gasteiger partial charge on any atom is -0.493 e. The monoisotopic (exact) mass is 360 g/mol. The number of benzene rings is 1. The first-order valence-electron chi connectivity index (χ1n) is 7.34. The summed E-state index contributed by atoms with van der Waals surface area (Å²) in [5.41, 5.74) is 0.725. The van der Waals surface area contributed by atoms with E-state index in [2.05, 4.69) is 5.32 Å². The molecule has 7 nitrogen and oxygen atoms in total. The van der Waals surface area contributed by atoms with Crippen LogP contribution < -0.4 is 14.8 Å². The zero-order chi connectivity index (χ0) is 18.2. The average molecular weight is 360 g/mol. The quantitative estimate of drug-likeness (QED) is 0.763. The third-order valence-corrected chi connectivity index (χ3v) is 3.89. The molecule has 2 aromatic rings. The fraction of sp³-hybridized carbons (Fsp3) is 0.235. The van der Waals surface area contributed by atoms with Crippen LogP contribution in [0.25, 0.3) is 0 Å². The molecule has 0 saturated carbocycles. The molecule has 1 N–H and O–H groups in total. The second-order valence-corrected chi connectivity index (χ2v) is 5.61. The molecule has 0 saturated heterocycles. The average Bonchev–Trinajstić information content (AvgIpc) is 3.08. The van der Waals surface area contributed by atoms with E-state index in [1.54, 1.807) is 30.5 Å². The number of carbonyl (C=O) groups excluding carboxylic acids is 2. The Morgan fingerprint density at radius 3 is 2.76 bits per heavy atom. The molecule has 1 amide bonds. The molecule has 2 rings (SSSR count). The molecule has 130 valence electrons. The van der Waals surface area contributed by atoms with Crippen molar-refractivity contribution >= 4 is 28.2 Å². The van der Waals surface area contributed by atoms with Gasteiger partial charge in [-0.25, -0.2) is 4.79 Å². The van der Waals surface area contributed by atoms with E-state index < -0.39 is 11.9 Å². The zero-order valence-electron chi connectivity index (χ0n) is 13.7. The number of rotatable bonds is 7. The van der Waals surface area contributed by atoms with Crippen molar-refractivity contribution in [2.45, 2.75) is 6.92 Å². The van der Waals surface area contributed by atoms with Gasteiger partial charge in [0, 0.05) is 6.07 Å². The normalized spacial score (nSPS) is 9.80. The van der Waals surface area contributed by atoms with Gasteiger partial charge in [0.15, 0.2) is 18.1 Å². The topological polar surface area (TPSA) is 97.6 Å². The van der Waals surface area contributed by atoms with Crippen molar-refractivity contribution in [3.63, 3.8) is 0 Å². The molecule has 0 atom stereocenters. The number of carbonyl (C=O) groups is 2. The van der Waals surface area contributed by atoms with E-state index in [0.29, 0.717) is 27.6 Å². The maximum absolute atomic E-state index is 12.1. The highest BCUT2D eigenvalue weighted by Gasteiger charge is 2.16. The fourth-order valence-corrected chi connectivity index (χ4v) is 2.73. The van der Waals surface area contributed by atoms with Crippen molar-refractivity contribution in [1.82, 2.24) is 0 Å². The van der Waals surface area contributed by atoms with Gasteiger partial charge in [-0.1, -0.05) is 0 Å². The zero-order valence-corrected chi connectivity index (χ0v) is 14.5. The van der Waals surface area contributed by atoms with Crippen LogP contribution >= 0.6 is 11.3 Å². The van der Waals surface area contributed by atoms with E-state index in [-0.39, 0.29) is 13.2 Å². The minimum absolute atomic E-state index is 0.254. The standard InChI is InChI=1S/C17H16N2O5S/c1-3-23-17(21)12-6-7-25-16(12)19-15(20)10-24-13-5-4-11(9-18)8-14(13)22-2/h4-8H,3,10H2,1-2H3,(H,19,20). The van der Waals surface area contributed by atoms with E-state index in [1.807, 2.05) is 6.07 Å². The number of hydrogen-bond acceptors (Lipinski definition) is 7. The van der Waals surface area contributed by atoms with Gasteiger partial charge in [0.05, 0.1) is 30.9 Å². The van der Waals surface area contributed by atoms with Gasteiger partial charge in [0.25, 0.3) is 5.91 Å². The van der Waals surface area contributed by atoms with E-state index in [9.17, 15) is 9.59 Å². The highest BCUT2D eigenvalue weighted by molar-refractivity contribution is 7.14. The summed E-state index contributed by atoms with van der Waals surface area (Å²) in [4.78, 5) is 23.9. The van der Waals surface area contributed by atoms with E-state index in [0.717, 1.165) is 0 Å². The summed E-state index contributed by atoms with van der Waals surface area (Å²) >= 11 is 1.22. The Labute approximate surface area is 148 Å². The van der Waals surface area contributed by atoms with Crippen LogP contribution in [0.3, 0.4) is 0 Å². The lowest BCUT2D eigenvalue weighted by Gasteiger charge is -2.11. The second kappa shape index (κ2) is 8.70. The molecule has 0 aliphatic carbocycles. The lowest BCUT2D eigenvalue weighted by atomic mass is 10.2. The molecule has 1 aromatic carbocycles. The Balaban J connectivity index is 1.99. The number of ether oxygens (including phenoxy) is 3. The van der Waals surface area contributed by atoms with Gasteiger partial charge in [0.2, 0.25) is 0 Å². The lowest BCUT2D eigenvalue weighted by molar-refractivity contribution is -0.118. The van der Waals surface area contributed by atoms with Crippen LogP contribution in [0.5, 0.6) is 11.5 Å². The first-order chi connectivity index (χ1) is 12.1. The number of methoxy groups -OCH3 is 1.